The van der Waals surface area contributed by atoms with Gasteiger partial charge >= 0.3 is 0 Å². The number of benzene rings is 1. The number of halogens is 1. The number of guanidine groups is 1. The van der Waals surface area contributed by atoms with Gasteiger partial charge in [-0.05, 0) is 36.5 Å². The smallest absolute Gasteiger partial charge is 0.192 e. The molecule has 0 saturated heterocycles. The quantitative estimate of drug-likeness (QED) is 0.906. The molecule has 108 valence electrons. The molecule has 1 heterocycles. The van der Waals surface area contributed by atoms with Crippen LogP contribution in [0.5, 0.6) is 0 Å². The van der Waals surface area contributed by atoms with E-state index in [1.54, 1.807) is 7.11 Å². The van der Waals surface area contributed by atoms with Crippen LogP contribution in [0, 0.1) is 5.92 Å². The number of hydrogen-bond donors (Lipinski definition) is 1. The lowest BCUT2D eigenvalue weighted by Crippen LogP contribution is -2.52. The molecule has 0 bridgehead atoms. The fraction of sp³-hybridized carbons (Fsp3) is 0.533. The first-order chi connectivity index (χ1) is 9.68. The minimum Gasteiger partial charge on any atom is -0.383 e. The maximum absolute atomic E-state index is 6.12. The first-order valence-electron chi connectivity index (χ1n) is 7.01. The molecule has 1 unspecified atom stereocenters. The molecule has 4 nitrogen and oxygen atoms in total. The summed E-state index contributed by atoms with van der Waals surface area (Å²) in [5.41, 5.74) is 7.27. The topological polar surface area (TPSA) is 50.9 Å². The first-order valence-corrected chi connectivity index (χ1v) is 7.39. The maximum atomic E-state index is 6.12. The summed E-state index contributed by atoms with van der Waals surface area (Å²) in [7, 11) is 1.71. The van der Waals surface area contributed by atoms with Crippen LogP contribution in [-0.2, 0) is 10.3 Å². The highest BCUT2D eigenvalue weighted by Crippen LogP contribution is 2.51. The van der Waals surface area contributed by atoms with Crippen molar-refractivity contribution in [2.75, 3.05) is 26.8 Å². The number of nitrogens with two attached hydrogens (primary N) is 1. The normalized spacial score (nSPS) is 25.9. The van der Waals surface area contributed by atoms with Gasteiger partial charge in [0.25, 0.3) is 0 Å². The summed E-state index contributed by atoms with van der Waals surface area (Å²) in [6.07, 6.45) is 2.46. The van der Waals surface area contributed by atoms with Crippen LogP contribution in [0.1, 0.15) is 18.4 Å². The average Bonchev–Trinajstić information content (AvgIpc) is 3.24. The Bertz CT molecular complexity index is 512. The lowest BCUT2D eigenvalue weighted by Gasteiger charge is -2.40. The number of rotatable bonds is 5. The van der Waals surface area contributed by atoms with Crippen LogP contribution in [0.3, 0.4) is 0 Å². The van der Waals surface area contributed by atoms with Crippen LogP contribution in [-0.4, -0.2) is 37.7 Å². The number of hydrogen-bond acceptors (Lipinski definition) is 4. The van der Waals surface area contributed by atoms with Gasteiger partial charge in [-0.2, -0.15) is 0 Å². The van der Waals surface area contributed by atoms with Crippen molar-refractivity contribution in [1.29, 1.82) is 0 Å². The lowest BCUT2D eigenvalue weighted by molar-refractivity contribution is 0.114. The predicted molar refractivity (Wildman–Crippen MR) is 80.9 cm³/mol. The van der Waals surface area contributed by atoms with Crippen LogP contribution in [0.2, 0.25) is 5.02 Å². The summed E-state index contributed by atoms with van der Waals surface area (Å²) in [4.78, 5) is 6.74. The van der Waals surface area contributed by atoms with E-state index in [1.165, 1.54) is 18.4 Å². The third-order valence-corrected chi connectivity index (χ3v) is 4.61. The van der Waals surface area contributed by atoms with Gasteiger partial charge in [0.15, 0.2) is 5.96 Å². The van der Waals surface area contributed by atoms with E-state index in [2.05, 4.69) is 22.0 Å². The summed E-state index contributed by atoms with van der Waals surface area (Å²) >= 11 is 6.02. The standard InChI is InChI=1S/C15H20ClN3O/c1-20-9-8-19-14(17)18-10-15(19,11-2-3-11)12-4-6-13(16)7-5-12/h4-7,11H,2-3,8-10H2,1H3,(H2,17,18). The minimum atomic E-state index is -0.104. The van der Waals surface area contributed by atoms with Gasteiger partial charge in [0, 0.05) is 18.7 Å². The van der Waals surface area contributed by atoms with Crippen LogP contribution in [0.4, 0.5) is 0 Å². The Morgan fingerprint density at radius 2 is 2.10 bits per heavy atom. The molecule has 0 amide bonds. The second-order valence-electron chi connectivity index (χ2n) is 5.52. The van der Waals surface area contributed by atoms with Crippen molar-refractivity contribution in [1.82, 2.24) is 4.90 Å². The van der Waals surface area contributed by atoms with Gasteiger partial charge in [0.05, 0.1) is 18.7 Å². The predicted octanol–water partition coefficient (Wildman–Crippen LogP) is 2.22. The number of nitrogens with zero attached hydrogens (tertiary/aromatic N) is 2. The molecule has 1 aromatic rings. The molecule has 1 atom stereocenters. The van der Waals surface area contributed by atoms with Gasteiger partial charge in [-0.15, -0.1) is 0 Å². The van der Waals surface area contributed by atoms with E-state index in [0.717, 1.165) is 18.1 Å². The third-order valence-electron chi connectivity index (χ3n) is 4.36. The molecule has 3 rings (SSSR count). The van der Waals surface area contributed by atoms with Gasteiger partial charge in [0.1, 0.15) is 0 Å². The van der Waals surface area contributed by atoms with Crippen LogP contribution in [0.15, 0.2) is 29.3 Å². The Labute approximate surface area is 124 Å². The molecule has 5 heteroatoms. The zero-order valence-electron chi connectivity index (χ0n) is 11.7. The van der Waals surface area contributed by atoms with Crippen molar-refractivity contribution in [2.24, 2.45) is 16.6 Å². The van der Waals surface area contributed by atoms with Gasteiger partial charge in [0.2, 0.25) is 0 Å². The van der Waals surface area contributed by atoms with E-state index in [0.29, 0.717) is 18.5 Å². The summed E-state index contributed by atoms with van der Waals surface area (Å²) in [5, 5.41) is 0.759. The van der Waals surface area contributed by atoms with E-state index in [1.807, 2.05) is 12.1 Å². The molecule has 0 radical (unpaired) electrons. The Morgan fingerprint density at radius 3 is 2.70 bits per heavy atom. The zero-order valence-corrected chi connectivity index (χ0v) is 12.4. The Morgan fingerprint density at radius 1 is 1.40 bits per heavy atom. The second kappa shape index (κ2) is 5.26. The van der Waals surface area contributed by atoms with Crippen LogP contribution < -0.4 is 5.73 Å². The number of aliphatic imine (C=N–C) groups is 1. The molecule has 0 aromatic heterocycles. The molecule has 2 N–H and O–H groups in total. The van der Waals surface area contributed by atoms with Crippen molar-refractivity contribution in [3.8, 4) is 0 Å². The Kier molecular flexibility index (Phi) is 3.61. The van der Waals surface area contributed by atoms with Gasteiger partial charge in [-0.3, -0.25) is 4.99 Å². The van der Waals surface area contributed by atoms with E-state index in [4.69, 9.17) is 22.1 Å². The summed E-state index contributed by atoms with van der Waals surface area (Å²) < 4.78 is 5.23. The minimum absolute atomic E-state index is 0.104. The zero-order chi connectivity index (χ0) is 14.2. The first kappa shape index (κ1) is 13.7. The van der Waals surface area contributed by atoms with Crippen molar-refractivity contribution < 1.29 is 4.74 Å². The van der Waals surface area contributed by atoms with Crippen molar-refractivity contribution >= 4 is 17.6 Å². The summed E-state index contributed by atoms with van der Waals surface area (Å²) in [6.45, 7) is 2.15. The molecular weight excluding hydrogens is 274 g/mol. The Balaban J connectivity index is 1.97. The van der Waals surface area contributed by atoms with Gasteiger partial charge in [-0.25, -0.2) is 0 Å². The summed E-state index contributed by atoms with van der Waals surface area (Å²) in [5.74, 6) is 1.24. The van der Waals surface area contributed by atoms with Crippen molar-refractivity contribution in [3.63, 3.8) is 0 Å². The second-order valence-corrected chi connectivity index (χ2v) is 5.96. The molecule has 1 saturated carbocycles. The van der Waals surface area contributed by atoms with Crippen molar-refractivity contribution in [2.45, 2.75) is 18.4 Å². The molecule has 1 aliphatic carbocycles. The fourth-order valence-corrected chi connectivity index (χ4v) is 3.33. The molecule has 2 aliphatic rings. The van der Waals surface area contributed by atoms with Crippen LogP contribution >= 0.6 is 11.6 Å². The highest BCUT2D eigenvalue weighted by molar-refractivity contribution is 6.30. The molecule has 0 spiro atoms. The average molecular weight is 294 g/mol. The highest BCUT2D eigenvalue weighted by Gasteiger charge is 2.53. The fourth-order valence-electron chi connectivity index (χ4n) is 3.20. The molecular formula is C15H20ClN3O. The van der Waals surface area contributed by atoms with Crippen molar-refractivity contribution in [3.05, 3.63) is 34.9 Å². The highest BCUT2D eigenvalue weighted by atomic mass is 35.5. The molecule has 1 aliphatic heterocycles. The van der Waals surface area contributed by atoms with E-state index >= 15 is 0 Å². The molecule has 20 heavy (non-hydrogen) atoms. The molecule has 1 fully saturated rings. The SMILES string of the molecule is COCCN1C(N)=NCC1(c1ccc(Cl)cc1)C1CC1. The number of ether oxygens (including phenoxy) is 1. The largest absolute Gasteiger partial charge is 0.383 e. The van der Waals surface area contributed by atoms with E-state index < -0.39 is 0 Å². The number of methoxy groups -OCH3 is 1. The monoisotopic (exact) mass is 293 g/mol. The van der Waals surface area contributed by atoms with E-state index in [9.17, 15) is 0 Å². The third kappa shape index (κ3) is 2.17. The summed E-state index contributed by atoms with van der Waals surface area (Å²) in [6, 6.07) is 8.11. The molecule has 1 aromatic carbocycles. The van der Waals surface area contributed by atoms with Gasteiger partial charge < -0.3 is 15.4 Å². The van der Waals surface area contributed by atoms with Gasteiger partial charge in [-0.1, -0.05) is 23.7 Å². The Hall–Kier alpha value is -1.26. The van der Waals surface area contributed by atoms with Crippen LogP contribution in [0.25, 0.3) is 0 Å². The maximum Gasteiger partial charge on any atom is 0.192 e. The van der Waals surface area contributed by atoms with E-state index in [-0.39, 0.29) is 5.54 Å². The lowest BCUT2D eigenvalue weighted by atomic mass is 9.84.